The summed E-state index contributed by atoms with van der Waals surface area (Å²) in [4.78, 5) is 21.6. The minimum absolute atomic E-state index is 0.167. The summed E-state index contributed by atoms with van der Waals surface area (Å²) in [6, 6.07) is 0. The quantitative estimate of drug-likeness (QED) is 0.850. The molecule has 2 aromatic rings. The Morgan fingerprint density at radius 1 is 1.33 bits per heavy atom. The molecule has 0 N–H and O–H groups in total. The molecule has 0 aromatic carbocycles. The van der Waals surface area contributed by atoms with Gasteiger partial charge >= 0.3 is 0 Å². The molecule has 1 aliphatic rings. The Morgan fingerprint density at radius 2 is 2.17 bits per heavy atom. The molecule has 0 saturated carbocycles. The lowest BCUT2D eigenvalue weighted by Gasteiger charge is -2.24. The maximum absolute atomic E-state index is 12.9. The molecule has 6 nitrogen and oxygen atoms in total. The number of nitrogens with zero attached hydrogens (tertiary/aromatic N) is 4. The van der Waals surface area contributed by atoms with Gasteiger partial charge in [0.25, 0.3) is 0 Å². The first-order valence-corrected chi connectivity index (χ1v) is 9.31. The van der Waals surface area contributed by atoms with Crippen molar-refractivity contribution in [1.29, 1.82) is 0 Å². The number of aryl methyl sites for hydroxylation is 2. The molecule has 0 radical (unpaired) electrons. The highest BCUT2D eigenvalue weighted by atomic mass is 32.1. The Kier molecular flexibility index (Phi) is 5.30. The second kappa shape index (κ2) is 7.44. The summed E-state index contributed by atoms with van der Waals surface area (Å²) in [5.41, 5.74) is 4.73. The maximum Gasteiger partial charge on any atom is 0.230 e. The van der Waals surface area contributed by atoms with E-state index in [2.05, 4.69) is 20.4 Å². The predicted octanol–water partition coefficient (Wildman–Crippen LogP) is 2.59. The third-order valence-corrected chi connectivity index (χ3v) is 5.30. The first-order chi connectivity index (χ1) is 11.6. The number of thiazole rings is 1. The summed E-state index contributed by atoms with van der Waals surface area (Å²) in [5.74, 6) is 0.703. The molecule has 0 spiro atoms. The lowest BCUT2D eigenvalue weighted by molar-refractivity contribution is -0.132. The van der Waals surface area contributed by atoms with E-state index in [9.17, 15) is 4.79 Å². The number of carbonyl (C=O) groups excluding carboxylic acids is 1. The monoisotopic (exact) mass is 348 g/mol. The van der Waals surface area contributed by atoms with Crippen LogP contribution in [-0.4, -0.2) is 52.0 Å². The van der Waals surface area contributed by atoms with Gasteiger partial charge in [-0.2, -0.15) is 0 Å². The largest absolute Gasteiger partial charge is 0.361 e. The van der Waals surface area contributed by atoms with Crippen molar-refractivity contribution in [2.45, 2.75) is 39.7 Å². The molecule has 0 aliphatic carbocycles. The van der Waals surface area contributed by atoms with Gasteiger partial charge in [0.15, 0.2) is 0 Å². The van der Waals surface area contributed by atoms with E-state index in [1.54, 1.807) is 11.3 Å². The topological polar surface area (TPSA) is 62.5 Å². The number of hydrogen-bond acceptors (Lipinski definition) is 6. The molecule has 3 heterocycles. The van der Waals surface area contributed by atoms with Crippen molar-refractivity contribution in [3.8, 4) is 0 Å². The van der Waals surface area contributed by atoms with E-state index in [0.29, 0.717) is 0 Å². The minimum atomic E-state index is -0.207. The average Bonchev–Trinajstić information content (AvgIpc) is 3.11. The van der Waals surface area contributed by atoms with E-state index in [1.807, 2.05) is 31.2 Å². The van der Waals surface area contributed by atoms with Gasteiger partial charge in [-0.05, 0) is 27.2 Å². The van der Waals surface area contributed by atoms with Gasteiger partial charge in [-0.3, -0.25) is 9.69 Å². The highest BCUT2D eigenvalue weighted by Crippen LogP contribution is 2.25. The van der Waals surface area contributed by atoms with Gasteiger partial charge in [-0.1, -0.05) is 5.16 Å². The maximum atomic E-state index is 12.9. The molecule has 1 saturated heterocycles. The van der Waals surface area contributed by atoms with Crippen molar-refractivity contribution < 1.29 is 9.32 Å². The predicted molar refractivity (Wildman–Crippen MR) is 93.0 cm³/mol. The molecule has 0 unspecified atom stereocenters. The van der Waals surface area contributed by atoms with Crippen LogP contribution < -0.4 is 0 Å². The zero-order valence-corrected chi connectivity index (χ0v) is 15.3. The third kappa shape index (κ3) is 3.67. The summed E-state index contributed by atoms with van der Waals surface area (Å²) >= 11 is 1.63. The first kappa shape index (κ1) is 17.1. The lowest BCUT2D eigenvalue weighted by atomic mass is 9.98. The van der Waals surface area contributed by atoms with Crippen LogP contribution in [0.15, 0.2) is 15.4 Å². The van der Waals surface area contributed by atoms with Crippen LogP contribution in [-0.2, 0) is 11.3 Å². The summed E-state index contributed by atoms with van der Waals surface area (Å²) in [6.07, 6.45) is 0.990. The number of hydrogen-bond donors (Lipinski definition) is 0. The molecule has 1 aliphatic heterocycles. The number of aromatic nitrogens is 2. The van der Waals surface area contributed by atoms with Gasteiger partial charge in [0.05, 0.1) is 22.8 Å². The molecule has 2 aromatic heterocycles. The zero-order chi connectivity index (χ0) is 17.1. The molecule has 24 heavy (non-hydrogen) atoms. The molecule has 3 rings (SSSR count). The van der Waals surface area contributed by atoms with Gasteiger partial charge in [0.1, 0.15) is 5.76 Å². The van der Waals surface area contributed by atoms with Crippen molar-refractivity contribution in [2.75, 3.05) is 26.2 Å². The van der Waals surface area contributed by atoms with Gasteiger partial charge in [-0.15, -0.1) is 11.3 Å². The van der Waals surface area contributed by atoms with Crippen LogP contribution in [0, 0.1) is 13.8 Å². The van der Waals surface area contributed by atoms with E-state index < -0.39 is 0 Å². The molecule has 0 bridgehead atoms. The fourth-order valence-corrected chi connectivity index (χ4v) is 3.95. The van der Waals surface area contributed by atoms with Crippen LogP contribution in [0.2, 0.25) is 0 Å². The van der Waals surface area contributed by atoms with Crippen molar-refractivity contribution in [3.05, 3.63) is 33.6 Å². The molecule has 1 fully saturated rings. The standard InChI is InChI=1S/C17H24N4O2S/c1-12(16-13(2)19-23-14(16)3)17(22)21-6-4-5-20(7-8-21)9-15-10-24-11-18-15/h10-12H,4-9H2,1-3H3/t12-/m1/s1. The van der Waals surface area contributed by atoms with E-state index >= 15 is 0 Å². The second-order valence-electron chi connectivity index (χ2n) is 6.39. The molecule has 130 valence electrons. The summed E-state index contributed by atoms with van der Waals surface area (Å²) in [6.45, 7) is 10.0. The number of carbonyl (C=O) groups is 1. The van der Waals surface area contributed by atoms with E-state index in [-0.39, 0.29) is 11.8 Å². The van der Waals surface area contributed by atoms with Crippen LogP contribution >= 0.6 is 11.3 Å². The Balaban J connectivity index is 1.62. The fourth-order valence-electron chi connectivity index (χ4n) is 3.40. The first-order valence-electron chi connectivity index (χ1n) is 8.37. The van der Waals surface area contributed by atoms with Gasteiger partial charge < -0.3 is 9.42 Å². The van der Waals surface area contributed by atoms with Crippen molar-refractivity contribution >= 4 is 17.2 Å². The molecule has 7 heteroatoms. The fraction of sp³-hybridized carbons (Fsp3) is 0.588. The van der Waals surface area contributed by atoms with Crippen LogP contribution in [0.5, 0.6) is 0 Å². The Bertz CT molecular complexity index is 663. The minimum Gasteiger partial charge on any atom is -0.361 e. The summed E-state index contributed by atoms with van der Waals surface area (Å²) < 4.78 is 5.22. The van der Waals surface area contributed by atoms with Crippen LogP contribution in [0.3, 0.4) is 0 Å². The zero-order valence-electron chi connectivity index (χ0n) is 14.5. The SMILES string of the molecule is Cc1noc(C)c1[C@@H](C)C(=O)N1CCCN(Cc2cscn2)CC1. The summed E-state index contributed by atoms with van der Waals surface area (Å²) in [5, 5.41) is 6.07. The van der Waals surface area contributed by atoms with E-state index in [1.165, 1.54) is 0 Å². The summed E-state index contributed by atoms with van der Waals surface area (Å²) in [7, 11) is 0. The highest BCUT2D eigenvalue weighted by Gasteiger charge is 2.28. The van der Waals surface area contributed by atoms with E-state index in [4.69, 9.17) is 4.52 Å². The molecular formula is C17H24N4O2S. The van der Waals surface area contributed by atoms with Crippen molar-refractivity contribution in [2.24, 2.45) is 0 Å². The van der Waals surface area contributed by atoms with Gasteiger partial charge in [0.2, 0.25) is 5.91 Å². The lowest BCUT2D eigenvalue weighted by Crippen LogP contribution is -2.37. The molecular weight excluding hydrogens is 324 g/mol. The third-order valence-electron chi connectivity index (χ3n) is 4.66. The molecule has 1 atom stereocenters. The van der Waals surface area contributed by atoms with Crippen LogP contribution in [0.25, 0.3) is 0 Å². The van der Waals surface area contributed by atoms with E-state index in [0.717, 1.165) is 61.9 Å². The Hall–Kier alpha value is -1.73. The second-order valence-corrected chi connectivity index (χ2v) is 7.11. The Labute approximate surface area is 146 Å². The van der Waals surface area contributed by atoms with Gasteiger partial charge in [0, 0.05) is 43.7 Å². The van der Waals surface area contributed by atoms with Crippen LogP contribution in [0.4, 0.5) is 0 Å². The normalized spacial score (nSPS) is 17.7. The van der Waals surface area contributed by atoms with Crippen molar-refractivity contribution in [1.82, 2.24) is 19.9 Å². The average molecular weight is 348 g/mol. The van der Waals surface area contributed by atoms with Crippen LogP contribution in [0.1, 0.15) is 42.0 Å². The van der Waals surface area contributed by atoms with Gasteiger partial charge in [-0.25, -0.2) is 4.98 Å². The Morgan fingerprint density at radius 3 is 2.83 bits per heavy atom. The smallest absolute Gasteiger partial charge is 0.230 e. The van der Waals surface area contributed by atoms with Crippen molar-refractivity contribution in [3.63, 3.8) is 0 Å². The molecule has 1 amide bonds. The number of rotatable bonds is 4. The number of amides is 1. The highest BCUT2D eigenvalue weighted by molar-refractivity contribution is 7.07.